The van der Waals surface area contributed by atoms with E-state index in [1.165, 1.54) is 5.56 Å². The number of fused-ring (bicyclic) bond motifs is 1. The zero-order valence-electron chi connectivity index (χ0n) is 13.4. The molecule has 1 aromatic rings. The predicted octanol–water partition coefficient (Wildman–Crippen LogP) is 1.94. The number of carbonyl (C=O) groups is 2. The van der Waals surface area contributed by atoms with Gasteiger partial charge in [0.25, 0.3) is 0 Å². The molecule has 3 atom stereocenters. The summed E-state index contributed by atoms with van der Waals surface area (Å²) in [6, 6.07) is 10.4. The van der Waals surface area contributed by atoms with E-state index in [9.17, 15) is 9.59 Å². The van der Waals surface area contributed by atoms with Gasteiger partial charge >= 0.3 is 5.97 Å². The summed E-state index contributed by atoms with van der Waals surface area (Å²) in [6.45, 7) is 3.40. The molecule has 0 amide bonds. The van der Waals surface area contributed by atoms with Gasteiger partial charge in [0.2, 0.25) is 0 Å². The van der Waals surface area contributed by atoms with E-state index in [0.717, 1.165) is 13.0 Å². The minimum absolute atomic E-state index is 0.193. The molecule has 1 aliphatic heterocycles. The lowest BCUT2D eigenvalue weighted by atomic mass is 9.88. The first kappa shape index (κ1) is 16.1. The fourth-order valence-electron chi connectivity index (χ4n) is 3.48. The quantitative estimate of drug-likeness (QED) is 0.794. The highest BCUT2D eigenvalue weighted by Crippen LogP contribution is 2.30. The smallest absolute Gasteiger partial charge is 0.336 e. The lowest BCUT2D eigenvalue weighted by molar-refractivity contribution is -0.183. The molecule has 3 rings (SSSR count). The van der Waals surface area contributed by atoms with Crippen molar-refractivity contribution in [2.24, 2.45) is 0 Å². The fourth-order valence-corrected chi connectivity index (χ4v) is 3.48. The maximum Gasteiger partial charge on any atom is 0.336 e. The van der Waals surface area contributed by atoms with E-state index in [-0.39, 0.29) is 23.9 Å². The Morgan fingerprint density at radius 2 is 2.13 bits per heavy atom. The van der Waals surface area contributed by atoms with Gasteiger partial charge in [0.05, 0.1) is 12.7 Å². The van der Waals surface area contributed by atoms with Gasteiger partial charge in [0.15, 0.2) is 6.10 Å². The summed E-state index contributed by atoms with van der Waals surface area (Å²) in [4.78, 5) is 26.1. The Bertz CT molecular complexity index is 559. The van der Waals surface area contributed by atoms with Gasteiger partial charge in [-0.15, -0.1) is 0 Å². The SMILES string of the molecule is CCOC(=O)[C@@H]1CN(Cc2ccccc2)[C@H]2CCC(=O)C[C@@H]2O1. The van der Waals surface area contributed by atoms with Crippen LogP contribution in [-0.2, 0) is 25.6 Å². The van der Waals surface area contributed by atoms with Crippen LogP contribution in [0.4, 0.5) is 0 Å². The number of esters is 1. The number of hydrogen-bond acceptors (Lipinski definition) is 5. The average molecular weight is 317 g/mol. The van der Waals surface area contributed by atoms with Gasteiger partial charge in [0.1, 0.15) is 5.78 Å². The summed E-state index contributed by atoms with van der Waals surface area (Å²) in [5, 5.41) is 0. The van der Waals surface area contributed by atoms with Crippen LogP contribution < -0.4 is 0 Å². The van der Waals surface area contributed by atoms with Crippen LogP contribution >= 0.6 is 0 Å². The molecule has 124 valence electrons. The van der Waals surface area contributed by atoms with Crippen molar-refractivity contribution in [2.75, 3.05) is 13.2 Å². The summed E-state index contributed by atoms with van der Waals surface area (Å²) >= 11 is 0. The molecule has 2 fully saturated rings. The lowest BCUT2D eigenvalue weighted by Crippen LogP contribution is -2.58. The van der Waals surface area contributed by atoms with Crippen molar-refractivity contribution in [1.82, 2.24) is 4.90 Å². The van der Waals surface area contributed by atoms with Crippen LogP contribution in [0, 0.1) is 0 Å². The predicted molar refractivity (Wildman–Crippen MR) is 84.8 cm³/mol. The second-order valence-electron chi connectivity index (χ2n) is 6.18. The Morgan fingerprint density at radius 1 is 1.35 bits per heavy atom. The minimum atomic E-state index is -0.606. The van der Waals surface area contributed by atoms with Gasteiger partial charge < -0.3 is 9.47 Å². The highest BCUT2D eigenvalue weighted by Gasteiger charge is 2.43. The van der Waals surface area contributed by atoms with E-state index in [1.54, 1.807) is 6.92 Å². The number of hydrogen-bond donors (Lipinski definition) is 0. The van der Waals surface area contributed by atoms with Crippen molar-refractivity contribution in [3.8, 4) is 0 Å². The molecule has 5 heteroatoms. The molecule has 1 saturated carbocycles. The zero-order chi connectivity index (χ0) is 16.2. The first-order valence-corrected chi connectivity index (χ1v) is 8.29. The normalized spacial score (nSPS) is 28.2. The minimum Gasteiger partial charge on any atom is -0.464 e. The Labute approximate surface area is 136 Å². The second-order valence-corrected chi connectivity index (χ2v) is 6.18. The van der Waals surface area contributed by atoms with Crippen molar-refractivity contribution in [3.05, 3.63) is 35.9 Å². The van der Waals surface area contributed by atoms with Crippen LogP contribution in [0.15, 0.2) is 30.3 Å². The van der Waals surface area contributed by atoms with Crippen molar-refractivity contribution >= 4 is 11.8 Å². The third-order valence-corrected chi connectivity index (χ3v) is 4.56. The molecular weight excluding hydrogens is 294 g/mol. The Kier molecular flexibility index (Phi) is 5.08. The van der Waals surface area contributed by atoms with Crippen molar-refractivity contribution in [3.63, 3.8) is 0 Å². The third-order valence-electron chi connectivity index (χ3n) is 4.56. The number of carbonyl (C=O) groups excluding carboxylic acids is 2. The number of rotatable bonds is 4. The van der Waals surface area contributed by atoms with E-state index in [1.807, 2.05) is 18.2 Å². The number of ether oxygens (including phenoxy) is 2. The van der Waals surface area contributed by atoms with Crippen molar-refractivity contribution < 1.29 is 19.1 Å². The van der Waals surface area contributed by atoms with E-state index in [4.69, 9.17) is 9.47 Å². The Hall–Kier alpha value is -1.72. The molecule has 0 radical (unpaired) electrons. The van der Waals surface area contributed by atoms with Gasteiger partial charge in [-0.05, 0) is 18.9 Å². The summed E-state index contributed by atoms with van der Waals surface area (Å²) in [6.07, 6.45) is 0.978. The monoisotopic (exact) mass is 317 g/mol. The molecular formula is C18H23NO4. The molecule has 0 aromatic heterocycles. The molecule has 0 bridgehead atoms. The molecule has 1 saturated heterocycles. The number of benzene rings is 1. The standard InChI is InChI=1S/C18H23NO4/c1-2-22-18(21)17-12-19(11-13-6-4-3-5-7-13)15-9-8-14(20)10-16(15)23-17/h3-7,15-17H,2,8-12H2,1H3/t15-,16-,17-/m0/s1. The summed E-state index contributed by atoms with van der Waals surface area (Å²) in [7, 11) is 0. The molecule has 23 heavy (non-hydrogen) atoms. The molecule has 1 aromatic carbocycles. The van der Waals surface area contributed by atoms with Gasteiger partial charge in [0, 0.05) is 32.0 Å². The third kappa shape index (κ3) is 3.79. The number of nitrogens with zero attached hydrogens (tertiary/aromatic N) is 1. The van der Waals surface area contributed by atoms with Crippen molar-refractivity contribution in [1.29, 1.82) is 0 Å². The molecule has 1 heterocycles. The largest absolute Gasteiger partial charge is 0.464 e. The van der Waals surface area contributed by atoms with Crippen LogP contribution in [0.1, 0.15) is 31.7 Å². The van der Waals surface area contributed by atoms with E-state index < -0.39 is 6.10 Å². The summed E-state index contributed by atoms with van der Waals surface area (Å²) in [5.41, 5.74) is 1.20. The first-order valence-electron chi connectivity index (χ1n) is 8.29. The molecule has 0 N–H and O–H groups in total. The highest BCUT2D eigenvalue weighted by atomic mass is 16.6. The maximum absolute atomic E-state index is 12.1. The van der Waals surface area contributed by atoms with E-state index in [0.29, 0.717) is 26.0 Å². The van der Waals surface area contributed by atoms with Crippen LogP contribution in [-0.4, -0.2) is 48.1 Å². The second kappa shape index (κ2) is 7.23. The van der Waals surface area contributed by atoms with Crippen LogP contribution in [0.2, 0.25) is 0 Å². The number of ketones is 1. The Balaban J connectivity index is 1.76. The van der Waals surface area contributed by atoms with E-state index >= 15 is 0 Å². The number of morpholine rings is 1. The summed E-state index contributed by atoms with van der Waals surface area (Å²) in [5.74, 6) is -0.113. The summed E-state index contributed by atoms with van der Waals surface area (Å²) < 4.78 is 11.0. The van der Waals surface area contributed by atoms with Gasteiger partial charge in [-0.2, -0.15) is 0 Å². The first-order chi connectivity index (χ1) is 11.2. The molecule has 2 aliphatic rings. The lowest BCUT2D eigenvalue weighted by Gasteiger charge is -2.45. The van der Waals surface area contributed by atoms with Crippen LogP contribution in [0.25, 0.3) is 0 Å². The highest BCUT2D eigenvalue weighted by molar-refractivity contribution is 5.80. The Morgan fingerprint density at radius 3 is 2.87 bits per heavy atom. The van der Waals surface area contributed by atoms with Crippen LogP contribution in [0.3, 0.4) is 0 Å². The maximum atomic E-state index is 12.1. The molecule has 5 nitrogen and oxygen atoms in total. The molecule has 0 unspecified atom stereocenters. The van der Waals surface area contributed by atoms with Crippen LogP contribution in [0.5, 0.6) is 0 Å². The fraction of sp³-hybridized carbons (Fsp3) is 0.556. The van der Waals surface area contributed by atoms with Gasteiger partial charge in [-0.1, -0.05) is 30.3 Å². The molecule has 1 aliphatic carbocycles. The topological polar surface area (TPSA) is 55.8 Å². The molecule has 0 spiro atoms. The van der Waals surface area contributed by atoms with E-state index in [2.05, 4.69) is 17.0 Å². The van der Waals surface area contributed by atoms with Gasteiger partial charge in [-0.3, -0.25) is 9.69 Å². The van der Waals surface area contributed by atoms with Crippen molar-refractivity contribution in [2.45, 2.75) is 51.0 Å². The zero-order valence-corrected chi connectivity index (χ0v) is 13.4. The number of Topliss-reactive ketones (excluding diaryl/α,β-unsaturated/α-hetero) is 1. The average Bonchev–Trinajstić information content (AvgIpc) is 2.55. The van der Waals surface area contributed by atoms with Gasteiger partial charge in [-0.25, -0.2) is 4.79 Å².